The summed E-state index contributed by atoms with van der Waals surface area (Å²) in [5.41, 5.74) is 1.79. The zero-order valence-electron chi connectivity index (χ0n) is 18.8. The molecule has 182 valence electrons. The monoisotopic (exact) mass is 495 g/mol. The molecule has 1 unspecified atom stereocenters. The molecule has 0 bridgehead atoms. The number of amides is 1. The molecule has 4 N–H and O–H groups in total. The summed E-state index contributed by atoms with van der Waals surface area (Å²) in [7, 11) is 0. The van der Waals surface area contributed by atoms with Crippen LogP contribution in [0.2, 0.25) is 0 Å². The lowest BCUT2D eigenvalue weighted by Gasteiger charge is -2.23. The van der Waals surface area contributed by atoms with Crippen LogP contribution >= 0.6 is 11.8 Å². The first-order valence-corrected chi connectivity index (χ1v) is 12.6. The number of fused-ring (bicyclic) bond motifs is 1. The number of rotatable bonds is 5. The topological polar surface area (TPSA) is 152 Å². The van der Waals surface area contributed by atoms with Gasteiger partial charge in [-0.25, -0.2) is 9.78 Å². The average molecular weight is 496 g/mol. The summed E-state index contributed by atoms with van der Waals surface area (Å²) in [5.74, 6) is -0.279. The molecule has 1 amide bonds. The van der Waals surface area contributed by atoms with E-state index in [9.17, 15) is 19.8 Å². The molecule has 3 aromatic rings. The van der Waals surface area contributed by atoms with Crippen LogP contribution in [0.5, 0.6) is 5.88 Å². The van der Waals surface area contributed by atoms with E-state index in [2.05, 4.69) is 15.1 Å². The fourth-order valence-corrected chi connectivity index (χ4v) is 5.75. The van der Waals surface area contributed by atoms with Gasteiger partial charge in [-0.3, -0.25) is 14.8 Å². The molecule has 0 spiro atoms. The van der Waals surface area contributed by atoms with Crippen LogP contribution in [0.15, 0.2) is 33.0 Å². The molecule has 1 aliphatic carbocycles. The Balaban J connectivity index is 1.36. The molecular formula is C23H25N7O4S. The number of hydrogen-bond acceptors (Lipinski definition) is 8. The highest BCUT2D eigenvalue weighted by Crippen LogP contribution is 2.44. The maximum atomic E-state index is 13.1. The number of carbonyl (C=O) groups excluding carboxylic acids is 1. The van der Waals surface area contributed by atoms with Gasteiger partial charge in [-0.1, -0.05) is 6.08 Å². The van der Waals surface area contributed by atoms with Gasteiger partial charge in [-0.2, -0.15) is 9.61 Å². The predicted molar refractivity (Wildman–Crippen MR) is 128 cm³/mol. The number of allylic oxidation sites excluding steroid dienone is 1. The SMILES string of the molecule is O=C(C1=CCC(c2cc(=NC3CC3)n3ncc(=Cc4[nH]c(=O)[nH]c4O)c3n2)S1)N1CCC[C@H]1CO. The minimum atomic E-state index is -0.504. The number of nitrogens with zero attached hydrogens (tertiary/aromatic N) is 5. The molecule has 1 saturated carbocycles. The molecule has 6 rings (SSSR count). The number of aliphatic hydroxyl groups excluding tert-OH is 1. The summed E-state index contributed by atoms with van der Waals surface area (Å²) < 4.78 is 1.67. The second kappa shape index (κ2) is 8.68. The van der Waals surface area contributed by atoms with Crippen molar-refractivity contribution in [2.45, 2.75) is 49.4 Å². The molecule has 2 fully saturated rings. The van der Waals surface area contributed by atoms with Crippen LogP contribution in [0.1, 0.15) is 48.7 Å². The van der Waals surface area contributed by atoms with Gasteiger partial charge in [0, 0.05) is 17.8 Å². The Kier molecular flexibility index (Phi) is 5.49. The smallest absolute Gasteiger partial charge is 0.326 e. The van der Waals surface area contributed by atoms with E-state index in [1.807, 2.05) is 12.1 Å². The maximum Gasteiger partial charge on any atom is 0.326 e. The number of aliphatic hydroxyl groups is 1. The molecule has 1 saturated heterocycles. The van der Waals surface area contributed by atoms with Crippen LogP contribution < -0.4 is 16.4 Å². The normalized spacial score (nSPS) is 23.6. The zero-order chi connectivity index (χ0) is 24.1. The number of thioether (sulfide) groups is 1. The van der Waals surface area contributed by atoms with Crippen LogP contribution in [0.3, 0.4) is 0 Å². The van der Waals surface area contributed by atoms with Crippen molar-refractivity contribution in [3.8, 4) is 5.88 Å². The molecule has 11 nitrogen and oxygen atoms in total. The van der Waals surface area contributed by atoms with Crippen LogP contribution in [0.25, 0.3) is 11.7 Å². The first-order chi connectivity index (χ1) is 17.0. The summed E-state index contributed by atoms with van der Waals surface area (Å²) >= 11 is 1.49. The van der Waals surface area contributed by atoms with E-state index in [4.69, 9.17) is 9.98 Å². The van der Waals surface area contributed by atoms with E-state index in [0.29, 0.717) is 34.2 Å². The van der Waals surface area contributed by atoms with Crippen molar-refractivity contribution in [2.24, 2.45) is 4.99 Å². The fraction of sp³-hybridized carbons (Fsp3) is 0.435. The number of hydrogen-bond donors (Lipinski definition) is 4. The minimum absolute atomic E-state index is 0.0141. The highest BCUT2D eigenvalue weighted by Gasteiger charge is 2.34. The molecule has 5 heterocycles. The molecule has 0 aromatic carbocycles. The second-order valence-electron chi connectivity index (χ2n) is 9.11. The molecule has 0 radical (unpaired) electrons. The van der Waals surface area contributed by atoms with Crippen molar-refractivity contribution in [3.05, 3.63) is 55.8 Å². The number of aromatic nitrogens is 5. The Bertz CT molecular complexity index is 1520. The zero-order valence-corrected chi connectivity index (χ0v) is 19.7. The molecule has 3 aliphatic rings. The Morgan fingerprint density at radius 2 is 2.17 bits per heavy atom. The van der Waals surface area contributed by atoms with Gasteiger partial charge in [0.05, 0.1) is 40.7 Å². The Hall–Kier alpha value is -3.38. The summed E-state index contributed by atoms with van der Waals surface area (Å²) in [4.78, 5) is 41.6. The number of aromatic amines is 2. The van der Waals surface area contributed by atoms with Crippen molar-refractivity contribution in [2.75, 3.05) is 13.2 Å². The second-order valence-corrected chi connectivity index (χ2v) is 10.4. The van der Waals surface area contributed by atoms with E-state index < -0.39 is 5.69 Å². The largest absolute Gasteiger partial charge is 0.493 e. The van der Waals surface area contributed by atoms with Gasteiger partial charge in [0.2, 0.25) is 5.88 Å². The van der Waals surface area contributed by atoms with Gasteiger partial charge in [0.15, 0.2) is 11.1 Å². The number of aromatic hydroxyl groups is 1. The van der Waals surface area contributed by atoms with Crippen LogP contribution in [-0.4, -0.2) is 70.8 Å². The van der Waals surface area contributed by atoms with Gasteiger partial charge in [0.25, 0.3) is 5.91 Å². The van der Waals surface area contributed by atoms with Crippen molar-refractivity contribution in [1.82, 2.24) is 29.5 Å². The van der Waals surface area contributed by atoms with E-state index in [1.54, 1.807) is 21.7 Å². The molecule has 35 heavy (non-hydrogen) atoms. The highest BCUT2D eigenvalue weighted by atomic mass is 32.2. The van der Waals surface area contributed by atoms with Crippen molar-refractivity contribution >= 4 is 29.4 Å². The van der Waals surface area contributed by atoms with Crippen molar-refractivity contribution in [3.63, 3.8) is 0 Å². The van der Waals surface area contributed by atoms with E-state index >= 15 is 0 Å². The minimum Gasteiger partial charge on any atom is -0.493 e. The standard InChI is InChI=1S/C23H25N7O4S/c31-11-14-2-1-7-29(14)22(33)18-6-5-17(35-18)15-9-19(25-13-3-4-13)30-20(26-15)12(10-24-30)8-16-21(32)28-23(34)27-16/h6,8-10,13-14,17,31-32H,1-5,7,11H2,(H2,27,28,34)/t14-,17?/m0/s1. The van der Waals surface area contributed by atoms with Crippen molar-refractivity contribution < 1.29 is 15.0 Å². The Morgan fingerprint density at radius 3 is 2.91 bits per heavy atom. The van der Waals surface area contributed by atoms with Gasteiger partial charge in [0.1, 0.15) is 5.69 Å². The lowest BCUT2D eigenvalue weighted by atomic mass is 10.2. The number of nitrogens with one attached hydrogen (secondary N) is 2. The molecule has 3 aromatic heterocycles. The summed E-state index contributed by atoms with van der Waals surface area (Å²) in [6, 6.07) is 2.10. The van der Waals surface area contributed by atoms with Crippen LogP contribution in [0, 0.1) is 0 Å². The molecule has 12 heteroatoms. The van der Waals surface area contributed by atoms with Crippen LogP contribution in [0.4, 0.5) is 0 Å². The summed E-state index contributed by atoms with van der Waals surface area (Å²) in [6.45, 7) is 0.657. The third kappa shape index (κ3) is 4.16. The number of imidazole rings is 1. The number of H-pyrrole nitrogens is 2. The Morgan fingerprint density at radius 1 is 1.31 bits per heavy atom. The molecule has 2 atom stereocenters. The van der Waals surface area contributed by atoms with Gasteiger partial charge >= 0.3 is 5.69 Å². The highest BCUT2D eigenvalue weighted by molar-refractivity contribution is 8.04. The third-order valence-electron chi connectivity index (χ3n) is 6.57. The first-order valence-electron chi connectivity index (χ1n) is 11.7. The first kappa shape index (κ1) is 22.1. The third-order valence-corrected chi connectivity index (χ3v) is 7.89. The lowest BCUT2D eigenvalue weighted by Crippen LogP contribution is -2.37. The van der Waals surface area contributed by atoms with Crippen LogP contribution in [-0.2, 0) is 4.79 Å². The average Bonchev–Trinajstić information content (AvgIpc) is 3.24. The number of carbonyl (C=O) groups is 1. The van der Waals surface area contributed by atoms with Gasteiger partial charge in [-0.15, -0.1) is 11.8 Å². The Labute approximate surface area is 203 Å². The summed E-state index contributed by atoms with van der Waals surface area (Å²) in [5, 5.41) is 24.6. The van der Waals surface area contributed by atoms with Gasteiger partial charge < -0.3 is 20.1 Å². The fourth-order valence-electron chi connectivity index (χ4n) is 4.60. The van der Waals surface area contributed by atoms with Gasteiger partial charge in [-0.05, 0) is 38.2 Å². The van der Waals surface area contributed by atoms with E-state index in [0.717, 1.165) is 31.4 Å². The molecular weight excluding hydrogens is 470 g/mol. The number of likely N-dealkylation sites (tertiary alicyclic amines) is 1. The summed E-state index contributed by atoms with van der Waals surface area (Å²) in [6.07, 6.45) is 9.68. The predicted octanol–water partition coefficient (Wildman–Crippen LogP) is 0.107. The molecule has 2 aliphatic heterocycles. The maximum absolute atomic E-state index is 13.1. The van der Waals surface area contributed by atoms with E-state index in [1.165, 1.54) is 11.8 Å². The lowest BCUT2D eigenvalue weighted by molar-refractivity contribution is -0.127. The van der Waals surface area contributed by atoms with Crippen molar-refractivity contribution in [1.29, 1.82) is 0 Å². The quantitative estimate of drug-likeness (QED) is 0.392. The van der Waals surface area contributed by atoms with E-state index in [-0.39, 0.29) is 41.4 Å².